The zero-order chi connectivity index (χ0) is 20.0. The summed E-state index contributed by atoms with van der Waals surface area (Å²) < 4.78 is 6.17. The van der Waals surface area contributed by atoms with Crippen molar-refractivity contribution in [3.63, 3.8) is 0 Å². The Balaban J connectivity index is 1.63. The van der Waals surface area contributed by atoms with E-state index in [2.05, 4.69) is 92.5 Å². The molecular weight excluding hydrogens is 354 g/mol. The van der Waals surface area contributed by atoms with Crippen molar-refractivity contribution in [1.82, 2.24) is 4.98 Å². The highest BCUT2D eigenvalue weighted by molar-refractivity contribution is 6.07. The molecule has 2 heterocycles. The number of hydrogen-bond acceptors (Lipinski definition) is 2. The summed E-state index contributed by atoms with van der Waals surface area (Å²) in [7, 11) is 0. The summed E-state index contributed by atoms with van der Waals surface area (Å²) in [5, 5.41) is 2.27. The Labute approximate surface area is 170 Å². The van der Waals surface area contributed by atoms with Gasteiger partial charge in [-0.15, -0.1) is 0 Å². The van der Waals surface area contributed by atoms with E-state index in [9.17, 15) is 0 Å². The lowest BCUT2D eigenvalue weighted by molar-refractivity contribution is 0.669. The molecule has 0 spiro atoms. The second-order valence-electron chi connectivity index (χ2n) is 7.97. The van der Waals surface area contributed by atoms with E-state index >= 15 is 0 Å². The molecule has 0 radical (unpaired) electrons. The third-order valence-corrected chi connectivity index (χ3v) is 5.64. The van der Waals surface area contributed by atoms with Crippen LogP contribution in [-0.2, 0) is 0 Å². The Kier molecular flexibility index (Phi) is 4.21. The number of aryl methyl sites for hydroxylation is 1. The Morgan fingerprint density at radius 1 is 0.724 bits per heavy atom. The van der Waals surface area contributed by atoms with Gasteiger partial charge in [0, 0.05) is 22.5 Å². The van der Waals surface area contributed by atoms with Crippen LogP contribution >= 0.6 is 0 Å². The molecule has 0 aliphatic rings. The van der Waals surface area contributed by atoms with Gasteiger partial charge in [0.25, 0.3) is 0 Å². The van der Waals surface area contributed by atoms with E-state index in [0.717, 1.165) is 33.2 Å². The molecule has 0 N–H and O–H groups in total. The average molecular weight is 377 g/mol. The van der Waals surface area contributed by atoms with Crippen molar-refractivity contribution in [1.29, 1.82) is 0 Å². The number of fused-ring (bicyclic) bond motifs is 3. The van der Waals surface area contributed by atoms with Gasteiger partial charge in [-0.25, -0.2) is 0 Å². The van der Waals surface area contributed by atoms with Crippen LogP contribution in [-0.4, -0.2) is 4.98 Å². The average Bonchev–Trinajstić information content (AvgIpc) is 3.11. The highest BCUT2D eigenvalue weighted by Gasteiger charge is 2.12. The molecule has 2 nitrogen and oxygen atoms in total. The van der Waals surface area contributed by atoms with Crippen LogP contribution in [0, 0.1) is 6.92 Å². The molecule has 0 aliphatic heterocycles. The van der Waals surface area contributed by atoms with E-state index in [-0.39, 0.29) is 0 Å². The Morgan fingerprint density at radius 2 is 1.52 bits per heavy atom. The number of aromatic nitrogens is 1. The normalized spacial score (nSPS) is 11.6. The maximum Gasteiger partial charge on any atom is 0.136 e. The molecule has 5 rings (SSSR count). The van der Waals surface area contributed by atoms with Crippen molar-refractivity contribution in [2.45, 2.75) is 26.7 Å². The zero-order valence-electron chi connectivity index (χ0n) is 16.9. The molecule has 0 atom stereocenters. The molecule has 0 fully saturated rings. The number of rotatable bonds is 3. The van der Waals surface area contributed by atoms with Crippen LogP contribution in [0.4, 0.5) is 0 Å². The first kappa shape index (κ1) is 17.7. The Hall–Kier alpha value is -3.39. The maximum atomic E-state index is 6.17. The van der Waals surface area contributed by atoms with Crippen LogP contribution in [0.25, 0.3) is 44.3 Å². The second-order valence-corrected chi connectivity index (χ2v) is 7.97. The van der Waals surface area contributed by atoms with Crippen molar-refractivity contribution in [2.24, 2.45) is 0 Å². The minimum Gasteiger partial charge on any atom is -0.456 e. The van der Waals surface area contributed by atoms with E-state index in [4.69, 9.17) is 4.42 Å². The van der Waals surface area contributed by atoms with Crippen molar-refractivity contribution in [3.8, 4) is 22.4 Å². The van der Waals surface area contributed by atoms with Gasteiger partial charge in [0.1, 0.15) is 11.2 Å². The largest absolute Gasteiger partial charge is 0.456 e. The van der Waals surface area contributed by atoms with Gasteiger partial charge < -0.3 is 4.42 Å². The van der Waals surface area contributed by atoms with Gasteiger partial charge in [-0.1, -0.05) is 50.2 Å². The molecule has 0 aliphatic carbocycles. The molecule has 2 heteroatoms. The van der Waals surface area contributed by atoms with E-state index in [1.165, 1.54) is 22.3 Å². The van der Waals surface area contributed by atoms with Crippen LogP contribution < -0.4 is 0 Å². The van der Waals surface area contributed by atoms with Crippen LogP contribution in [0.15, 0.2) is 83.4 Å². The first-order chi connectivity index (χ1) is 14.1. The van der Waals surface area contributed by atoms with E-state index < -0.39 is 0 Å². The summed E-state index contributed by atoms with van der Waals surface area (Å²) >= 11 is 0. The summed E-state index contributed by atoms with van der Waals surface area (Å²) in [5.41, 5.74) is 8.90. The predicted molar refractivity (Wildman–Crippen MR) is 121 cm³/mol. The molecule has 0 amide bonds. The topological polar surface area (TPSA) is 26.0 Å². The minimum absolute atomic E-state index is 0.478. The smallest absolute Gasteiger partial charge is 0.136 e. The van der Waals surface area contributed by atoms with Crippen LogP contribution in [0.3, 0.4) is 0 Å². The fourth-order valence-corrected chi connectivity index (χ4v) is 4.07. The summed E-state index contributed by atoms with van der Waals surface area (Å²) in [4.78, 5) is 4.69. The number of benzene rings is 3. The van der Waals surface area contributed by atoms with Crippen molar-refractivity contribution in [2.75, 3.05) is 0 Å². The van der Waals surface area contributed by atoms with Gasteiger partial charge in [0.15, 0.2) is 0 Å². The second kappa shape index (κ2) is 6.89. The molecule has 0 saturated carbocycles. The summed E-state index contributed by atoms with van der Waals surface area (Å²) in [5.74, 6) is 0.478. The van der Waals surface area contributed by atoms with Gasteiger partial charge in [-0.2, -0.15) is 0 Å². The molecule has 142 valence electrons. The quantitative estimate of drug-likeness (QED) is 0.321. The molecule has 0 saturated heterocycles. The van der Waals surface area contributed by atoms with Gasteiger partial charge in [-0.05, 0) is 71.5 Å². The number of pyridine rings is 1. The fraction of sp³-hybridized carbons (Fsp3) is 0.148. The standard InChI is InChI=1S/C27H23NO/c1-17(2)23-15-25(28-16-18(23)3)21-10-12-26-24(13-21)22-11-9-20(14-27(22)29-26)19-7-5-4-6-8-19/h4-17H,1-3H3. The predicted octanol–water partition coefficient (Wildman–Crippen LogP) is 7.75. The third-order valence-electron chi connectivity index (χ3n) is 5.64. The molecular formula is C27H23NO. The number of furan rings is 1. The monoisotopic (exact) mass is 377 g/mol. The van der Waals surface area contributed by atoms with Crippen molar-refractivity contribution >= 4 is 21.9 Å². The van der Waals surface area contributed by atoms with Crippen LogP contribution in [0.2, 0.25) is 0 Å². The first-order valence-corrected chi connectivity index (χ1v) is 10.1. The van der Waals surface area contributed by atoms with Crippen molar-refractivity contribution in [3.05, 3.63) is 90.1 Å². The van der Waals surface area contributed by atoms with E-state index in [1.807, 2.05) is 12.3 Å². The SMILES string of the molecule is Cc1cnc(-c2ccc3oc4cc(-c5ccccc5)ccc4c3c2)cc1C(C)C. The number of hydrogen-bond donors (Lipinski definition) is 0. The molecule has 2 aromatic heterocycles. The van der Waals surface area contributed by atoms with E-state index in [0.29, 0.717) is 5.92 Å². The summed E-state index contributed by atoms with van der Waals surface area (Å²) in [6.07, 6.45) is 1.98. The lowest BCUT2D eigenvalue weighted by Crippen LogP contribution is -1.95. The van der Waals surface area contributed by atoms with Crippen molar-refractivity contribution < 1.29 is 4.42 Å². The summed E-state index contributed by atoms with van der Waals surface area (Å²) in [6.45, 7) is 6.58. The highest BCUT2D eigenvalue weighted by atomic mass is 16.3. The van der Waals surface area contributed by atoms with Crippen LogP contribution in [0.1, 0.15) is 30.9 Å². The minimum atomic E-state index is 0.478. The molecule has 5 aromatic rings. The lowest BCUT2D eigenvalue weighted by Gasteiger charge is -2.11. The highest BCUT2D eigenvalue weighted by Crippen LogP contribution is 2.35. The molecule has 0 bridgehead atoms. The fourth-order valence-electron chi connectivity index (χ4n) is 4.07. The Bertz CT molecular complexity index is 1330. The molecule has 0 unspecified atom stereocenters. The Morgan fingerprint density at radius 3 is 2.31 bits per heavy atom. The van der Waals surface area contributed by atoms with Gasteiger partial charge in [0.05, 0.1) is 5.69 Å². The van der Waals surface area contributed by atoms with Gasteiger partial charge in [-0.3, -0.25) is 4.98 Å². The lowest BCUT2D eigenvalue weighted by atomic mass is 9.97. The van der Waals surface area contributed by atoms with Crippen LogP contribution in [0.5, 0.6) is 0 Å². The summed E-state index contributed by atoms with van der Waals surface area (Å²) in [6, 6.07) is 25.4. The molecule has 29 heavy (non-hydrogen) atoms. The maximum absolute atomic E-state index is 6.17. The van der Waals surface area contributed by atoms with E-state index in [1.54, 1.807) is 0 Å². The van der Waals surface area contributed by atoms with Gasteiger partial charge >= 0.3 is 0 Å². The number of nitrogens with zero attached hydrogens (tertiary/aromatic N) is 1. The zero-order valence-corrected chi connectivity index (χ0v) is 16.9. The first-order valence-electron chi connectivity index (χ1n) is 10.1. The third kappa shape index (κ3) is 3.11. The van der Waals surface area contributed by atoms with Gasteiger partial charge in [0.2, 0.25) is 0 Å². The molecule has 3 aromatic carbocycles.